The van der Waals surface area contributed by atoms with Gasteiger partial charge in [-0.1, -0.05) is 20.8 Å². The zero-order chi connectivity index (χ0) is 14.9. The van der Waals surface area contributed by atoms with E-state index in [1.165, 1.54) is 19.3 Å². The van der Waals surface area contributed by atoms with Crippen molar-refractivity contribution in [2.75, 3.05) is 5.32 Å². The summed E-state index contributed by atoms with van der Waals surface area (Å²) >= 11 is 0. The Morgan fingerprint density at radius 1 is 1.33 bits per heavy atom. The lowest BCUT2D eigenvalue weighted by molar-refractivity contribution is 0.177. The number of pyridine rings is 1. The van der Waals surface area contributed by atoms with Crippen molar-refractivity contribution in [1.82, 2.24) is 14.5 Å². The van der Waals surface area contributed by atoms with E-state index in [1.54, 1.807) is 12.5 Å². The SMILES string of the molecule is CC1CC(C)(C)CCC1Nc1ccc(-n2ccnc2)nc1. The van der Waals surface area contributed by atoms with Crippen molar-refractivity contribution in [2.24, 2.45) is 11.3 Å². The number of hydrogen-bond acceptors (Lipinski definition) is 3. The molecule has 112 valence electrons. The van der Waals surface area contributed by atoms with E-state index >= 15 is 0 Å². The monoisotopic (exact) mass is 284 g/mol. The van der Waals surface area contributed by atoms with Crippen molar-refractivity contribution in [2.45, 2.75) is 46.1 Å². The molecule has 4 nitrogen and oxygen atoms in total. The van der Waals surface area contributed by atoms with Crippen molar-refractivity contribution in [1.29, 1.82) is 0 Å². The van der Waals surface area contributed by atoms with Crippen LogP contribution in [0.15, 0.2) is 37.1 Å². The Balaban J connectivity index is 1.66. The van der Waals surface area contributed by atoms with Crippen molar-refractivity contribution in [3.63, 3.8) is 0 Å². The number of nitrogens with zero attached hydrogens (tertiary/aromatic N) is 3. The van der Waals surface area contributed by atoms with Gasteiger partial charge in [-0.15, -0.1) is 0 Å². The molecule has 0 saturated heterocycles. The van der Waals surface area contributed by atoms with Crippen LogP contribution >= 0.6 is 0 Å². The fourth-order valence-corrected chi connectivity index (χ4v) is 3.39. The molecule has 1 aliphatic carbocycles. The van der Waals surface area contributed by atoms with Gasteiger partial charge in [0.15, 0.2) is 0 Å². The first-order valence-corrected chi connectivity index (χ1v) is 7.74. The smallest absolute Gasteiger partial charge is 0.137 e. The zero-order valence-electron chi connectivity index (χ0n) is 13.1. The quantitative estimate of drug-likeness (QED) is 0.929. The highest BCUT2D eigenvalue weighted by atomic mass is 15.1. The highest BCUT2D eigenvalue weighted by Crippen LogP contribution is 2.39. The molecule has 2 aromatic heterocycles. The van der Waals surface area contributed by atoms with Gasteiger partial charge in [-0.2, -0.15) is 0 Å². The summed E-state index contributed by atoms with van der Waals surface area (Å²) in [4.78, 5) is 8.55. The fraction of sp³-hybridized carbons (Fsp3) is 0.529. The summed E-state index contributed by atoms with van der Waals surface area (Å²) in [5, 5.41) is 3.65. The zero-order valence-corrected chi connectivity index (χ0v) is 13.1. The third-order valence-electron chi connectivity index (χ3n) is 4.56. The fourth-order valence-electron chi connectivity index (χ4n) is 3.39. The Morgan fingerprint density at radius 3 is 2.81 bits per heavy atom. The van der Waals surface area contributed by atoms with Gasteiger partial charge in [0, 0.05) is 18.4 Å². The van der Waals surface area contributed by atoms with Crippen molar-refractivity contribution in [3.8, 4) is 5.82 Å². The van der Waals surface area contributed by atoms with Crippen LogP contribution in [-0.4, -0.2) is 20.6 Å². The second-order valence-corrected chi connectivity index (χ2v) is 7.01. The maximum absolute atomic E-state index is 4.50. The van der Waals surface area contributed by atoms with Crippen LogP contribution in [0.5, 0.6) is 0 Å². The minimum atomic E-state index is 0.487. The van der Waals surface area contributed by atoms with Gasteiger partial charge in [-0.25, -0.2) is 9.97 Å². The first-order valence-electron chi connectivity index (χ1n) is 7.74. The Kier molecular flexibility index (Phi) is 3.70. The molecule has 1 saturated carbocycles. The lowest BCUT2D eigenvalue weighted by atomic mass is 9.70. The minimum absolute atomic E-state index is 0.487. The Labute approximate surface area is 126 Å². The average molecular weight is 284 g/mol. The summed E-state index contributed by atoms with van der Waals surface area (Å²) < 4.78 is 1.91. The number of rotatable bonds is 3. The van der Waals surface area contributed by atoms with E-state index in [0.29, 0.717) is 17.4 Å². The average Bonchev–Trinajstić information content (AvgIpc) is 2.96. The topological polar surface area (TPSA) is 42.7 Å². The van der Waals surface area contributed by atoms with Gasteiger partial charge in [0.25, 0.3) is 0 Å². The molecule has 0 radical (unpaired) electrons. The summed E-state index contributed by atoms with van der Waals surface area (Å²) in [6, 6.07) is 4.69. The molecule has 1 N–H and O–H groups in total. The van der Waals surface area contributed by atoms with Gasteiger partial charge in [0.05, 0.1) is 11.9 Å². The van der Waals surface area contributed by atoms with Crippen LogP contribution < -0.4 is 5.32 Å². The molecular formula is C17H24N4. The van der Waals surface area contributed by atoms with E-state index in [4.69, 9.17) is 0 Å². The summed E-state index contributed by atoms with van der Waals surface area (Å²) in [5.41, 5.74) is 1.59. The van der Waals surface area contributed by atoms with Crippen LogP contribution in [0.1, 0.15) is 40.0 Å². The molecule has 2 unspecified atom stereocenters. The van der Waals surface area contributed by atoms with E-state index in [2.05, 4.69) is 42.1 Å². The van der Waals surface area contributed by atoms with E-state index in [1.807, 2.05) is 23.0 Å². The normalized spacial score (nSPS) is 24.7. The van der Waals surface area contributed by atoms with Crippen LogP contribution in [0, 0.1) is 11.3 Å². The van der Waals surface area contributed by atoms with Gasteiger partial charge < -0.3 is 5.32 Å². The molecule has 0 bridgehead atoms. The highest BCUT2D eigenvalue weighted by molar-refractivity contribution is 5.44. The summed E-state index contributed by atoms with van der Waals surface area (Å²) in [7, 11) is 0. The summed E-state index contributed by atoms with van der Waals surface area (Å²) in [6.45, 7) is 7.11. The molecule has 0 spiro atoms. The van der Waals surface area contributed by atoms with Crippen LogP contribution in [0.25, 0.3) is 5.82 Å². The maximum Gasteiger partial charge on any atom is 0.137 e. The molecular weight excluding hydrogens is 260 g/mol. The second-order valence-electron chi connectivity index (χ2n) is 7.01. The minimum Gasteiger partial charge on any atom is -0.381 e. The predicted octanol–water partition coefficient (Wildman–Crippen LogP) is 3.89. The molecule has 0 aliphatic heterocycles. The Morgan fingerprint density at radius 2 is 2.19 bits per heavy atom. The molecule has 2 heterocycles. The number of imidazole rings is 1. The van der Waals surface area contributed by atoms with E-state index in [0.717, 1.165) is 11.5 Å². The third-order valence-corrected chi connectivity index (χ3v) is 4.56. The third kappa shape index (κ3) is 3.26. The maximum atomic E-state index is 4.50. The standard InChI is InChI=1S/C17H24N4/c1-13-10-17(2,3)7-6-15(13)20-14-4-5-16(19-11-14)21-9-8-18-12-21/h4-5,8-9,11-13,15,20H,6-7,10H2,1-3H3. The number of anilines is 1. The van der Waals surface area contributed by atoms with Gasteiger partial charge in [0.1, 0.15) is 12.1 Å². The summed E-state index contributed by atoms with van der Waals surface area (Å²) in [6.07, 6.45) is 11.2. The molecule has 2 atom stereocenters. The number of nitrogens with one attached hydrogen (secondary N) is 1. The Bertz CT molecular complexity index is 571. The molecule has 4 heteroatoms. The van der Waals surface area contributed by atoms with Gasteiger partial charge in [0.2, 0.25) is 0 Å². The van der Waals surface area contributed by atoms with Crippen LogP contribution in [0.2, 0.25) is 0 Å². The first kappa shape index (κ1) is 14.1. The van der Waals surface area contributed by atoms with Gasteiger partial charge >= 0.3 is 0 Å². The molecule has 0 amide bonds. The number of aromatic nitrogens is 3. The van der Waals surface area contributed by atoms with E-state index in [-0.39, 0.29) is 0 Å². The lowest BCUT2D eigenvalue weighted by Crippen LogP contribution is -2.36. The molecule has 0 aromatic carbocycles. The molecule has 1 fully saturated rings. The predicted molar refractivity (Wildman–Crippen MR) is 85.6 cm³/mol. The largest absolute Gasteiger partial charge is 0.381 e. The molecule has 2 aromatic rings. The van der Waals surface area contributed by atoms with Crippen molar-refractivity contribution < 1.29 is 0 Å². The van der Waals surface area contributed by atoms with E-state index < -0.39 is 0 Å². The second kappa shape index (κ2) is 5.51. The molecule has 3 rings (SSSR count). The van der Waals surface area contributed by atoms with E-state index in [9.17, 15) is 0 Å². The van der Waals surface area contributed by atoms with Gasteiger partial charge in [-0.05, 0) is 42.7 Å². The van der Waals surface area contributed by atoms with Crippen molar-refractivity contribution >= 4 is 5.69 Å². The van der Waals surface area contributed by atoms with Crippen LogP contribution in [0.3, 0.4) is 0 Å². The van der Waals surface area contributed by atoms with Crippen LogP contribution in [-0.2, 0) is 0 Å². The molecule has 1 aliphatic rings. The van der Waals surface area contributed by atoms with Crippen molar-refractivity contribution in [3.05, 3.63) is 37.1 Å². The van der Waals surface area contributed by atoms with Crippen LogP contribution in [0.4, 0.5) is 5.69 Å². The molecule has 21 heavy (non-hydrogen) atoms. The Hall–Kier alpha value is -1.84. The first-order chi connectivity index (χ1) is 10.0. The number of hydrogen-bond donors (Lipinski definition) is 1. The van der Waals surface area contributed by atoms with Gasteiger partial charge in [-0.3, -0.25) is 4.57 Å². The highest BCUT2D eigenvalue weighted by Gasteiger charge is 2.32. The lowest BCUT2D eigenvalue weighted by Gasteiger charge is -2.39. The summed E-state index contributed by atoms with van der Waals surface area (Å²) in [5.74, 6) is 1.60.